The summed E-state index contributed by atoms with van der Waals surface area (Å²) in [6.45, 7) is 0. The number of halogens is 1. The summed E-state index contributed by atoms with van der Waals surface area (Å²) in [6, 6.07) is 19.9. The van der Waals surface area contributed by atoms with Crippen molar-refractivity contribution in [3.05, 3.63) is 84.3 Å². The van der Waals surface area contributed by atoms with Crippen molar-refractivity contribution in [2.75, 3.05) is 0 Å². The Labute approximate surface area is 154 Å². The van der Waals surface area contributed by atoms with E-state index in [1.165, 1.54) is 5.39 Å². The Morgan fingerprint density at radius 3 is 2.65 bits per heavy atom. The maximum absolute atomic E-state index is 6.14. The van der Waals surface area contributed by atoms with Crippen LogP contribution in [0.3, 0.4) is 0 Å². The van der Waals surface area contributed by atoms with Gasteiger partial charge in [-0.1, -0.05) is 48.0 Å². The third-order valence-corrected chi connectivity index (χ3v) is 4.70. The summed E-state index contributed by atoms with van der Waals surface area (Å²) >= 11 is 6.14. The van der Waals surface area contributed by atoms with Gasteiger partial charge in [0.05, 0.1) is 0 Å². The Kier molecular flexibility index (Phi) is 3.43. The topological polar surface area (TPSA) is 43.1 Å². The van der Waals surface area contributed by atoms with Gasteiger partial charge in [-0.3, -0.25) is 9.38 Å². The van der Waals surface area contributed by atoms with Crippen molar-refractivity contribution in [3.63, 3.8) is 0 Å². The number of fused-ring (bicyclic) bond motifs is 2. The molecule has 0 saturated heterocycles. The van der Waals surface area contributed by atoms with Gasteiger partial charge in [-0.15, -0.1) is 10.2 Å². The molecule has 2 aromatic carbocycles. The Hall–Kier alpha value is -3.24. The summed E-state index contributed by atoms with van der Waals surface area (Å²) in [6.07, 6.45) is 5.83. The highest BCUT2D eigenvalue weighted by molar-refractivity contribution is 6.30. The minimum Gasteiger partial charge on any atom is -0.282 e. The zero-order valence-electron chi connectivity index (χ0n) is 13.7. The highest BCUT2D eigenvalue weighted by Crippen LogP contribution is 2.29. The van der Waals surface area contributed by atoms with E-state index in [9.17, 15) is 0 Å². The highest BCUT2D eigenvalue weighted by atomic mass is 35.5. The molecule has 0 amide bonds. The molecule has 5 aromatic rings. The predicted octanol–water partition coefficient (Wildman–Crippen LogP) is 5.26. The molecule has 5 rings (SSSR count). The fourth-order valence-corrected chi connectivity index (χ4v) is 3.41. The van der Waals surface area contributed by atoms with E-state index < -0.39 is 0 Å². The number of nitrogens with zero attached hydrogens (tertiary/aromatic N) is 4. The number of pyridine rings is 2. The summed E-state index contributed by atoms with van der Waals surface area (Å²) in [5.74, 6) is 0.762. The van der Waals surface area contributed by atoms with Gasteiger partial charge in [0.25, 0.3) is 0 Å². The van der Waals surface area contributed by atoms with Crippen molar-refractivity contribution in [3.8, 4) is 22.5 Å². The van der Waals surface area contributed by atoms with Crippen LogP contribution >= 0.6 is 11.6 Å². The lowest BCUT2D eigenvalue weighted by atomic mass is 10.0. The summed E-state index contributed by atoms with van der Waals surface area (Å²) < 4.78 is 1.99. The Balaban J connectivity index is 1.74. The molecule has 0 aliphatic carbocycles. The second-order valence-corrected chi connectivity index (χ2v) is 6.52. The maximum atomic E-state index is 6.14. The van der Waals surface area contributed by atoms with E-state index in [2.05, 4.69) is 39.6 Å². The first-order valence-corrected chi connectivity index (χ1v) is 8.61. The summed E-state index contributed by atoms with van der Waals surface area (Å²) in [7, 11) is 0. The molecule has 3 heterocycles. The second-order valence-electron chi connectivity index (χ2n) is 6.09. The van der Waals surface area contributed by atoms with Crippen molar-refractivity contribution in [1.29, 1.82) is 0 Å². The Morgan fingerprint density at radius 2 is 1.73 bits per heavy atom. The summed E-state index contributed by atoms with van der Waals surface area (Å²) in [4.78, 5) is 4.39. The van der Waals surface area contributed by atoms with Crippen LogP contribution in [0, 0.1) is 0 Å². The first kappa shape index (κ1) is 15.0. The van der Waals surface area contributed by atoms with Gasteiger partial charge in [0, 0.05) is 45.7 Å². The van der Waals surface area contributed by atoms with Gasteiger partial charge < -0.3 is 0 Å². The van der Waals surface area contributed by atoms with Gasteiger partial charge in [0.2, 0.25) is 0 Å². The zero-order chi connectivity index (χ0) is 17.5. The predicted molar refractivity (Wildman–Crippen MR) is 104 cm³/mol. The molecular weight excluding hydrogens is 344 g/mol. The molecule has 26 heavy (non-hydrogen) atoms. The van der Waals surface area contributed by atoms with Crippen LogP contribution < -0.4 is 0 Å². The lowest BCUT2D eigenvalue weighted by molar-refractivity contribution is 1.11. The molecule has 0 saturated carbocycles. The minimum absolute atomic E-state index is 0.675. The van der Waals surface area contributed by atoms with Crippen molar-refractivity contribution >= 4 is 28.0 Å². The van der Waals surface area contributed by atoms with Crippen LogP contribution in [0.2, 0.25) is 5.02 Å². The number of aromatic nitrogens is 4. The number of hydrogen-bond acceptors (Lipinski definition) is 3. The molecule has 0 bridgehead atoms. The van der Waals surface area contributed by atoms with Crippen molar-refractivity contribution in [2.45, 2.75) is 0 Å². The Morgan fingerprint density at radius 1 is 0.808 bits per heavy atom. The van der Waals surface area contributed by atoms with Crippen molar-refractivity contribution < 1.29 is 0 Å². The van der Waals surface area contributed by atoms with E-state index in [1.54, 1.807) is 0 Å². The molecular formula is C21H13ClN4. The van der Waals surface area contributed by atoms with E-state index in [0.29, 0.717) is 5.02 Å². The van der Waals surface area contributed by atoms with Crippen LogP contribution in [0.4, 0.5) is 0 Å². The minimum atomic E-state index is 0.675. The number of benzene rings is 2. The third-order valence-electron chi connectivity index (χ3n) is 4.46. The van der Waals surface area contributed by atoms with E-state index in [4.69, 9.17) is 11.6 Å². The normalized spacial score (nSPS) is 11.3. The summed E-state index contributed by atoms with van der Waals surface area (Å²) in [5.41, 5.74) is 3.86. The van der Waals surface area contributed by atoms with E-state index in [-0.39, 0.29) is 0 Å². The van der Waals surface area contributed by atoms with Crippen LogP contribution in [0.25, 0.3) is 38.9 Å². The molecule has 124 valence electrons. The Bertz CT molecular complexity index is 1250. The van der Waals surface area contributed by atoms with Crippen LogP contribution in [-0.4, -0.2) is 19.6 Å². The fourth-order valence-electron chi connectivity index (χ4n) is 3.22. The SMILES string of the molecule is Clc1cccc(-c2nnc3ccc(-c4cncc5ccccc45)cn23)c1. The van der Waals surface area contributed by atoms with Gasteiger partial charge in [-0.05, 0) is 29.7 Å². The van der Waals surface area contributed by atoms with E-state index in [1.807, 2.05) is 59.3 Å². The van der Waals surface area contributed by atoms with Crippen molar-refractivity contribution in [1.82, 2.24) is 19.6 Å². The first-order chi connectivity index (χ1) is 12.8. The molecule has 0 N–H and O–H groups in total. The molecule has 0 radical (unpaired) electrons. The van der Waals surface area contributed by atoms with Gasteiger partial charge in [-0.25, -0.2) is 0 Å². The quantitative estimate of drug-likeness (QED) is 0.433. The van der Waals surface area contributed by atoms with Crippen LogP contribution in [0.1, 0.15) is 0 Å². The lowest BCUT2D eigenvalue weighted by Gasteiger charge is -2.08. The molecule has 4 nitrogen and oxygen atoms in total. The number of hydrogen-bond donors (Lipinski definition) is 0. The standard InChI is InChI=1S/C21H13ClN4/c22-17-6-3-5-14(10-17)21-25-24-20-9-8-16(13-26(20)21)19-12-23-11-15-4-1-2-7-18(15)19/h1-13H. The van der Waals surface area contributed by atoms with E-state index >= 15 is 0 Å². The highest BCUT2D eigenvalue weighted by Gasteiger charge is 2.11. The first-order valence-electron chi connectivity index (χ1n) is 8.23. The van der Waals surface area contributed by atoms with Gasteiger partial charge >= 0.3 is 0 Å². The maximum Gasteiger partial charge on any atom is 0.168 e. The van der Waals surface area contributed by atoms with Crippen LogP contribution in [0.5, 0.6) is 0 Å². The third kappa shape index (κ3) is 2.43. The smallest absolute Gasteiger partial charge is 0.168 e. The molecule has 0 aliphatic heterocycles. The average Bonchev–Trinajstić information content (AvgIpc) is 3.11. The van der Waals surface area contributed by atoms with Crippen LogP contribution in [-0.2, 0) is 0 Å². The van der Waals surface area contributed by atoms with Crippen molar-refractivity contribution in [2.24, 2.45) is 0 Å². The zero-order valence-corrected chi connectivity index (χ0v) is 14.4. The fraction of sp³-hybridized carbons (Fsp3) is 0. The summed E-state index contributed by atoms with van der Waals surface area (Å²) in [5, 5.41) is 11.6. The van der Waals surface area contributed by atoms with E-state index in [0.717, 1.165) is 33.5 Å². The molecule has 0 spiro atoms. The molecule has 0 fully saturated rings. The van der Waals surface area contributed by atoms with Gasteiger partial charge in [0.15, 0.2) is 11.5 Å². The monoisotopic (exact) mass is 356 g/mol. The molecule has 3 aromatic heterocycles. The number of rotatable bonds is 2. The molecule has 5 heteroatoms. The van der Waals surface area contributed by atoms with Gasteiger partial charge in [0.1, 0.15) is 0 Å². The lowest BCUT2D eigenvalue weighted by Crippen LogP contribution is -1.92. The molecule has 0 aliphatic rings. The van der Waals surface area contributed by atoms with Crippen LogP contribution in [0.15, 0.2) is 79.3 Å². The second kappa shape index (κ2) is 5.93. The molecule has 0 unspecified atom stereocenters. The van der Waals surface area contributed by atoms with Gasteiger partial charge in [-0.2, -0.15) is 0 Å². The largest absolute Gasteiger partial charge is 0.282 e. The average molecular weight is 357 g/mol. The molecule has 0 atom stereocenters.